The van der Waals surface area contributed by atoms with Gasteiger partial charge in [0.25, 0.3) is 5.91 Å². The van der Waals surface area contributed by atoms with Crippen molar-refractivity contribution in [2.75, 3.05) is 39.1 Å². The zero-order valence-electron chi connectivity index (χ0n) is 23.6. The number of amides is 1. The first kappa shape index (κ1) is 29.2. The molecule has 2 heterocycles. The number of para-hydroxylation sites is 1. The first-order chi connectivity index (χ1) is 20.9. The van der Waals surface area contributed by atoms with Crippen LogP contribution in [0.2, 0.25) is 0 Å². The van der Waals surface area contributed by atoms with Gasteiger partial charge in [0.15, 0.2) is 22.6 Å². The van der Waals surface area contributed by atoms with Crippen molar-refractivity contribution in [1.82, 2.24) is 5.27 Å². The van der Waals surface area contributed by atoms with Crippen LogP contribution in [0.4, 0.5) is 5.69 Å². The van der Waals surface area contributed by atoms with Crippen LogP contribution in [0.15, 0.2) is 81.9 Å². The van der Waals surface area contributed by atoms with E-state index < -0.39 is 17.6 Å². The highest BCUT2D eigenvalue weighted by Gasteiger charge is 2.34. The van der Waals surface area contributed by atoms with Gasteiger partial charge >= 0.3 is 5.69 Å². The molecule has 13 heteroatoms. The number of benzene rings is 3. The van der Waals surface area contributed by atoms with Crippen LogP contribution in [-0.2, 0) is 4.79 Å². The van der Waals surface area contributed by atoms with Gasteiger partial charge in [-0.15, -0.1) is 0 Å². The second-order valence-corrected chi connectivity index (χ2v) is 9.83. The summed E-state index contributed by atoms with van der Waals surface area (Å²) < 4.78 is 27.4. The van der Waals surface area contributed by atoms with Crippen LogP contribution < -0.4 is 33.6 Å². The fourth-order valence-electron chi connectivity index (χ4n) is 4.32. The SMILES string of the molecule is COc1ccc(-[n+]2noc([O-])c2C(=O)CSC2=N/C(=C/c3cc(OC)c(OC)c(OC)c3)C(=O)N2c2ccccc2)cc1. The third-order valence-electron chi connectivity index (χ3n) is 6.36. The number of aromatic nitrogens is 2. The van der Waals surface area contributed by atoms with E-state index in [0.717, 1.165) is 16.4 Å². The molecule has 1 aromatic heterocycles. The molecular weight excluding hydrogens is 576 g/mol. The van der Waals surface area contributed by atoms with E-state index in [-0.39, 0.29) is 22.3 Å². The van der Waals surface area contributed by atoms with Gasteiger partial charge in [-0.05, 0) is 52.7 Å². The number of ketones is 1. The number of carbonyl (C=O) groups excluding carboxylic acids is 2. The molecule has 43 heavy (non-hydrogen) atoms. The molecule has 1 amide bonds. The van der Waals surface area contributed by atoms with E-state index in [1.807, 2.05) is 6.07 Å². The molecule has 0 spiro atoms. The number of methoxy groups -OCH3 is 4. The summed E-state index contributed by atoms with van der Waals surface area (Å²) >= 11 is 1.01. The number of amidine groups is 1. The van der Waals surface area contributed by atoms with Gasteiger partial charge in [-0.3, -0.25) is 14.5 Å². The minimum absolute atomic E-state index is 0.121. The zero-order valence-corrected chi connectivity index (χ0v) is 24.4. The maximum atomic E-state index is 13.6. The lowest BCUT2D eigenvalue weighted by Crippen LogP contribution is -2.39. The van der Waals surface area contributed by atoms with Gasteiger partial charge in [0.05, 0.1) is 45.2 Å². The maximum Gasteiger partial charge on any atom is 0.307 e. The number of rotatable bonds is 10. The molecule has 4 aromatic rings. The third-order valence-corrected chi connectivity index (χ3v) is 7.30. The number of aliphatic imine (C=N–C) groups is 1. The van der Waals surface area contributed by atoms with Gasteiger partial charge in [0.1, 0.15) is 11.4 Å². The summed E-state index contributed by atoms with van der Waals surface area (Å²) in [7, 11) is 6.02. The lowest BCUT2D eigenvalue weighted by Gasteiger charge is -2.17. The predicted octanol–water partition coefficient (Wildman–Crippen LogP) is 3.42. The molecule has 1 aliphatic heterocycles. The third kappa shape index (κ3) is 5.88. The van der Waals surface area contributed by atoms with E-state index in [9.17, 15) is 14.7 Å². The van der Waals surface area contributed by atoms with Crippen LogP contribution in [0, 0.1) is 0 Å². The van der Waals surface area contributed by atoms with Crippen molar-refractivity contribution >= 4 is 40.4 Å². The van der Waals surface area contributed by atoms with Crippen molar-refractivity contribution in [1.29, 1.82) is 0 Å². The van der Waals surface area contributed by atoms with Gasteiger partial charge in [0, 0.05) is 12.1 Å². The standard InChI is InChI=1S/C30H26N4O8S/c1-38-21-12-10-20(11-13-21)34-26(29(37)42-32-34)23(35)17-43-30-31-22(28(36)33(30)19-8-6-5-7-9-19)14-18-15-24(39-2)27(41-4)25(16-18)40-3/h5-16H,17H2,1-4H3/b22-14+. The van der Waals surface area contributed by atoms with Crippen LogP contribution in [0.1, 0.15) is 16.1 Å². The second-order valence-electron chi connectivity index (χ2n) is 8.89. The van der Waals surface area contributed by atoms with E-state index >= 15 is 0 Å². The Kier molecular flexibility index (Phi) is 8.62. The van der Waals surface area contributed by atoms with E-state index in [2.05, 4.69) is 10.3 Å². The Morgan fingerprint density at radius 2 is 1.65 bits per heavy atom. The summed E-state index contributed by atoms with van der Waals surface area (Å²) in [5, 5.41) is 16.5. The minimum atomic E-state index is -0.881. The average molecular weight is 603 g/mol. The predicted molar refractivity (Wildman–Crippen MR) is 156 cm³/mol. The fourth-order valence-corrected chi connectivity index (χ4v) is 5.20. The number of Topliss-reactive ketones (excluding diaryl/α,β-unsaturated/α-hetero) is 1. The van der Waals surface area contributed by atoms with Crippen molar-refractivity contribution in [2.24, 2.45) is 4.99 Å². The van der Waals surface area contributed by atoms with Crippen LogP contribution in [0.5, 0.6) is 28.9 Å². The van der Waals surface area contributed by atoms with Crippen molar-refractivity contribution in [3.05, 3.63) is 83.7 Å². The lowest BCUT2D eigenvalue weighted by atomic mass is 10.1. The second kappa shape index (κ2) is 12.7. The molecule has 0 bridgehead atoms. The van der Waals surface area contributed by atoms with E-state index in [0.29, 0.717) is 39.9 Å². The summed E-state index contributed by atoms with van der Waals surface area (Å²) in [6.45, 7) is 0. The Bertz CT molecular complexity index is 1690. The Morgan fingerprint density at radius 1 is 0.977 bits per heavy atom. The molecule has 220 valence electrons. The topological polar surface area (TPSA) is 140 Å². The van der Waals surface area contributed by atoms with Crippen molar-refractivity contribution < 1.29 is 42.8 Å². The Hall–Kier alpha value is -5.30. The van der Waals surface area contributed by atoms with Gasteiger partial charge in [-0.1, -0.05) is 30.0 Å². The van der Waals surface area contributed by atoms with E-state index in [1.165, 1.54) is 33.3 Å². The van der Waals surface area contributed by atoms with E-state index in [4.69, 9.17) is 23.5 Å². The smallest absolute Gasteiger partial charge is 0.307 e. The number of nitrogens with zero attached hydrogens (tertiary/aromatic N) is 4. The summed E-state index contributed by atoms with van der Waals surface area (Å²) in [6, 6.07) is 18.9. The number of carbonyl (C=O) groups is 2. The summed E-state index contributed by atoms with van der Waals surface area (Å²) in [6.07, 6.45) is 1.59. The number of ether oxygens (including phenoxy) is 4. The number of hydrogen-bond acceptors (Lipinski definition) is 11. The summed E-state index contributed by atoms with van der Waals surface area (Å²) in [5.41, 5.74) is 1.44. The minimum Gasteiger partial charge on any atom is -0.539 e. The number of hydrogen-bond donors (Lipinski definition) is 0. The largest absolute Gasteiger partial charge is 0.539 e. The maximum absolute atomic E-state index is 13.6. The molecule has 0 N–H and O–H groups in total. The Balaban J connectivity index is 1.46. The van der Waals surface area contributed by atoms with Crippen LogP contribution >= 0.6 is 11.8 Å². The fraction of sp³-hybridized carbons (Fsp3) is 0.167. The first-order valence-corrected chi connectivity index (χ1v) is 13.8. The molecule has 0 aliphatic carbocycles. The molecule has 1 aliphatic rings. The summed E-state index contributed by atoms with van der Waals surface area (Å²) in [4.78, 5) is 32.9. The Labute approximate surface area is 250 Å². The molecule has 3 aromatic carbocycles. The normalized spacial score (nSPS) is 13.7. The van der Waals surface area contributed by atoms with Crippen LogP contribution in [0.3, 0.4) is 0 Å². The van der Waals surface area contributed by atoms with E-state index in [1.54, 1.807) is 66.7 Å². The van der Waals surface area contributed by atoms with Gasteiger partial charge in [0.2, 0.25) is 17.2 Å². The van der Waals surface area contributed by atoms with Crippen LogP contribution in [0.25, 0.3) is 11.8 Å². The molecule has 0 atom stereocenters. The van der Waals surface area contributed by atoms with Gasteiger partial charge in [-0.25, -0.2) is 4.99 Å². The number of thioether (sulfide) groups is 1. The summed E-state index contributed by atoms with van der Waals surface area (Å²) in [5.74, 6) is -0.236. The molecule has 5 rings (SSSR count). The highest BCUT2D eigenvalue weighted by atomic mass is 32.2. The van der Waals surface area contributed by atoms with Crippen LogP contribution in [-0.4, -0.2) is 56.3 Å². The molecule has 0 fully saturated rings. The average Bonchev–Trinajstić information content (AvgIpc) is 3.58. The Morgan fingerprint density at radius 3 is 2.26 bits per heavy atom. The highest BCUT2D eigenvalue weighted by molar-refractivity contribution is 8.14. The van der Waals surface area contributed by atoms with Crippen molar-refractivity contribution in [3.8, 4) is 34.6 Å². The van der Waals surface area contributed by atoms with Crippen molar-refractivity contribution in [3.63, 3.8) is 0 Å². The molecule has 0 saturated carbocycles. The highest BCUT2D eigenvalue weighted by Crippen LogP contribution is 2.39. The van der Waals surface area contributed by atoms with Gasteiger partial charge < -0.3 is 28.6 Å². The quantitative estimate of drug-likeness (QED) is 0.151. The lowest BCUT2D eigenvalue weighted by molar-refractivity contribution is -0.672. The van der Waals surface area contributed by atoms with Gasteiger partial charge in [-0.2, -0.15) is 0 Å². The zero-order chi connectivity index (χ0) is 30.5. The molecule has 0 unspecified atom stereocenters. The first-order valence-electron chi connectivity index (χ1n) is 12.8. The molecular formula is C30H26N4O8S. The van der Waals surface area contributed by atoms with Crippen molar-refractivity contribution in [2.45, 2.75) is 0 Å². The number of anilines is 1. The monoisotopic (exact) mass is 602 g/mol. The molecule has 0 saturated heterocycles. The molecule has 12 nitrogen and oxygen atoms in total. The molecule has 0 radical (unpaired) electrons.